The number of nitrogens with zero attached hydrogens (tertiary/aromatic N) is 4. The van der Waals surface area contributed by atoms with Crippen molar-refractivity contribution in [1.29, 1.82) is 0 Å². The third-order valence-electron chi connectivity index (χ3n) is 9.85. The second-order valence-electron chi connectivity index (χ2n) is 13.6. The van der Waals surface area contributed by atoms with Gasteiger partial charge in [-0.15, -0.1) is 0 Å². The lowest BCUT2D eigenvalue weighted by molar-refractivity contribution is -0.137. The van der Waals surface area contributed by atoms with Gasteiger partial charge in [-0.05, 0) is 94.9 Å². The first kappa shape index (κ1) is 36.1. The van der Waals surface area contributed by atoms with E-state index in [1.54, 1.807) is 36.7 Å². The van der Waals surface area contributed by atoms with E-state index >= 15 is 0 Å². The molecule has 0 aliphatic heterocycles. The van der Waals surface area contributed by atoms with Crippen molar-refractivity contribution in [1.82, 2.24) is 24.8 Å². The number of anilines is 1. The van der Waals surface area contributed by atoms with Crippen molar-refractivity contribution in [2.45, 2.75) is 63.3 Å². The molecule has 2 aromatic carbocycles. The van der Waals surface area contributed by atoms with Crippen molar-refractivity contribution < 1.29 is 23.9 Å². The molecule has 2 fully saturated rings. The van der Waals surface area contributed by atoms with E-state index in [0.717, 1.165) is 35.9 Å². The zero-order chi connectivity index (χ0) is 36.1. The van der Waals surface area contributed by atoms with Gasteiger partial charge >= 0.3 is 5.97 Å². The molecule has 51 heavy (non-hydrogen) atoms. The van der Waals surface area contributed by atoms with E-state index in [2.05, 4.69) is 25.2 Å². The van der Waals surface area contributed by atoms with Crippen LogP contribution in [0.3, 0.4) is 0 Å². The first-order valence-electron chi connectivity index (χ1n) is 17.6. The summed E-state index contributed by atoms with van der Waals surface area (Å²) in [6.07, 6.45) is 12.6. The highest BCUT2D eigenvalue weighted by Gasteiger charge is 2.45. The molecule has 2 aliphatic rings. The second kappa shape index (κ2) is 15.7. The van der Waals surface area contributed by atoms with Crippen LogP contribution >= 0.6 is 11.6 Å². The fourth-order valence-corrected chi connectivity index (χ4v) is 7.08. The lowest BCUT2D eigenvalue weighted by Gasteiger charge is -2.40. The van der Waals surface area contributed by atoms with Crippen molar-refractivity contribution in [2.75, 3.05) is 39.2 Å². The largest absolute Gasteiger partial charge is 0.493 e. The number of fused-ring (bicyclic) bond motifs is 1. The predicted octanol–water partition coefficient (Wildman–Crippen LogP) is 6.75. The zero-order valence-corrected chi connectivity index (χ0v) is 30.4. The molecular formula is C39H45ClN6O5. The number of aryl methyl sites for hydroxylation is 1. The minimum Gasteiger partial charge on any atom is -0.493 e. The molecule has 0 saturated heterocycles. The Labute approximate surface area is 303 Å². The van der Waals surface area contributed by atoms with Gasteiger partial charge in [0.15, 0.2) is 5.82 Å². The molecule has 2 aromatic heterocycles. The lowest BCUT2D eigenvalue weighted by Crippen LogP contribution is -2.61. The van der Waals surface area contributed by atoms with E-state index in [9.17, 15) is 14.4 Å². The Kier molecular flexibility index (Phi) is 11.1. The number of carbonyl (C=O) groups is 3. The number of benzene rings is 2. The number of ether oxygens (including phenoxy) is 2. The summed E-state index contributed by atoms with van der Waals surface area (Å²) < 4.78 is 13.1. The van der Waals surface area contributed by atoms with Gasteiger partial charge in [0.2, 0.25) is 5.91 Å². The molecule has 4 aromatic rings. The molecular weight excluding hydrogens is 668 g/mol. The van der Waals surface area contributed by atoms with Crippen LogP contribution in [0.5, 0.6) is 5.75 Å². The topological polar surface area (TPSA) is 128 Å². The van der Waals surface area contributed by atoms with Crippen molar-refractivity contribution in [3.05, 3.63) is 76.6 Å². The first-order valence-corrected chi connectivity index (χ1v) is 18.0. The number of likely N-dealkylation sites (N-methyl/N-ethyl adjacent to an activating group) is 1. The van der Waals surface area contributed by atoms with Gasteiger partial charge in [-0.2, -0.15) is 0 Å². The van der Waals surface area contributed by atoms with Crippen LogP contribution in [0.15, 0.2) is 54.9 Å². The van der Waals surface area contributed by atoms with Gasteiger partial charge in [0.1, 0.15) is 17.9 Å². The summed E-state index contributed by atoms with van der Waals surface area (Å²) in [5.41, 5.74) is 3.68. The molecule has 2 N–H and O–H groups in total. The van der Waals surface area contributed by atoms with E-state index < -0.39 is 11.5 Å². The zero-order valence-electron chi connectivity index (χ0n) is 29.6. The molecule has 0 bridgehead atoms. The number of aromatic nitrogens is 3. The molecule has 2 heterocycles. The number of rotatable bonds is 13. The minimum absolute atomic E-state index is 0.289. The highest BCUT2D eigenvalue weighted by molar-refractivity contribution is 6.30. The van der Waals surface area contributed by atoms with E-state index in [4.69, 9.17) is 21.1 Å². The van der Waals surface area contributed by atoms with E-state index in [1.165, 1.54) is 24.5 Å². The van der Waals surface area contributed by atoms with Crippen molar-refractivity contribution in [2.24, 2.45) is 7.05 Å². The number of amides is 2. The van der Waals surface area contributed by atoms with E-state index in [-0.39, 0.29) is 11.8 Å². The quantitative estimate of drug-likeness (QED) is 0.115. The van der Waals surface area contributed by atoms with Crippen LogP contribution in [0, 0.1) is 0 Å². The number of esters is 1. The smallest absolute Gasteiger partial charge is 0.330 e. The third-order valence-corrected chi connectivity index (χ3v) is 10.0. The molecule has 6 rings (SSSR count). The number of hydrogen-bond donors (Lipinski definition) is 2. The maximum atomic E-state index is 13.8. The number of hydrogen-bond acceptors (Lipinski definition) is 8. The van der Waals surface area contributed by atoms with Gasteiger partial charge in [0.05, 0.1) is 17.3 Å². The number of carbonyl (C=O) groups excluding carboxylic acids is 3. The molecule has 0 atom stereocenters. The molecule has 0 unspecified atom stereocenters. The molecule has 12 heteroatoms. The Bertz CT molecular complexity index is 1940. The fraction of sp³-hybridized carbons (Fsp3) is 0.410. The molecule has 0 spiro atoms. The van der Waals surface area contributed by atoms with Gasteiger partial charge in [-0.3, -0.25) is 9.59 Å². The highest BCUT2D eigenvalue weighted by atomic mass is 35.5. The Hall–Kier alpha value is -4.74. The number of halogens is 1. The Morgan fingerprint density at radius 3 is 2.47 bits per heavy atom. The summed E-state index contributed by atoms with van der Waals surface area (Å²) in [7, 11) is 5.79. The van der Waals surface area contributed by atoms with Gasteiger partial charge in [0, 0.05) is 65.8 Å². The standard InChI is InChI=1S/C39H45ClN6O5/c1-5-50-32-22-29(14-11-25(32)13-16-33(47)51-20-19-45(2)3)43-38(49)39(17-8-18-39)44-37(48)27-12-15-30-31(21-27)46(4)35(34(30)26-9-6-7-10-26)36-41-23-28(40)24-42-36/h11-16,21-24,26H,5-10,17-20H2,1-4H3,(H,43,49)(H,44,48)/b16-13+. The van der Waals surface area contributed by atoms with E-state index in [0.29, 0.717) is 71.9 Å². The maximum absolute atomic E-state index is 13.8. The van der Waals surface area contributed by atoms with Gasteiger partial charge < -0.3 is 29.6 Å². The summed E-state index contributed by atoms with van der Waals surface area (Å²) in [6, 6.07) is 11.0. The summed E-state index contributed by atoms with van der Waals surface area (Å²) in [5, 5.41) is 7.62. The normalized spacial score (nSPS) is 15.6. The lowest BCUT2D eigenvalue weighted by atomic mass is 9.75. The van der Waals surface area contributed by atoms with Crippen LogP contribution < -0.4 is 15.4 Å². The average Bonchev–Trinajstić information content (AvgIpc) is 3.72. The minimum atomic E-state index is -1.04. The van der Waals surface area contributed by atoms with E-state index in [1.807, 2.05) is 51.2 Å². The van der Waals surface area contributed by atoms with Crippen LogP contribution in [0.25, 0.3) is 28.5 Å². The average molecular weight is 713 g/mol. The highest BCUT2D eigenvalue weighted by Crippen LogP contribution is 2.44. The molecule has 11 nitrogen and oxygen atoms in total. The van der Waals surface area contributed by atoms with Crippen LogP contribution in [-0.4, -0.2) is 76.6 Å². The van der Waals surface area contributed by atoms with Crippen molar-refractivity contribution in [3.63, 3.8) is 0 Å². The van der Waals surface area contributed by atoms with Crippen LogP contribution in [0.1, 0.15) is 79.3 Å². The van der Waals surface area contributed by atoms with Crippen LogP contribution in [0.4, 0.5) is 5.69 Å². The van der Waals surface area contributed by atoms with Crippen LogP contribution in [0.2, 0.25) is 5.02 Å². The van der Waals surface area contributed by atoms with Crippen molar-refractivity contribution in [3.8, 4) is 17.3 Å². The second-order valence-corrected chi connectivity index (χ2v) is 14.0. The maximum Gasteiger partial charge on any atom is 0.330 e. The predicted molar refractivity (Wildman–Crippen MR) is 199 cm³/mol. The molecule has 2 saturated carbocycles. The molecule has 2 aliphatic carbocycles. The monoisotopic (exact) mass is 712 g/mol. The fourth-order valence-electron chi connectivity index (χ4n) is 6.98. The Morgan fingerprint density at radius 2 is 1.80 bits per heavy atom. The molecule has 268 valence electrons. The molecule has 2 amide bonds. The summed E-state index contributed by atoms with van der Waals surface area (Å²) in [4.78, 5) is 50.8. The van der Waals surface area contributed by atoms with Crippen molar-refractivity contribution >= 4 is 52.1 Å². The summed E-state index contributed by atoms with van der Waals surface area (Å²) in [5.74, 6) is 0.445. The summed E-state index contributed by atoms with van der Waals surface area (Å²) >= 11 is 6.12. The SMILES string of the molecule is CCOc1cc(NC(=O)C2(NC(=O)c3ccc4c(C5CCCC5)c(-c5ncc(Cl)cn5)n(C)c4c3)CCC2)ccc1/C=C/C(=O)OCCN(C)C. The third kappa shape index (κ3) is 7.94. The Balaban J connectivity index is 1.20. The van der Waals surface area contributed by atoms with Gasteiger partial charge in [-0.1, -0.05) is 30.5 Å². The Morgan fingerprint density at radius 1 is 1.06 bits per heavy atom. The summed E-state index contributed by atoms with van der Waals surface area (Å²) in [6.45, 7) is 3.18. The van der Waals surface area contributed by atoms with Gasteiger partial charge in [-0.25, -0.2) is 14.8 Å². The number of nitrogens with one attached hydrogen (secondary N) is 2. The van der Waals surface area contributed by atoms with Crippen LogP contribution in [-0.2, 0) is 21.4 Å². The first-order chi connectivity index (χ1) is 24.6. The molecule has 0 radical (unpaired) electrons. The van der Waals surface area contributed by atoms with Gasteiger partial charge in [0.25, 0.3) is 5.91 Å².